The van der Waals surface area contributed by atoms with Crippen LogP contribution in [0.5, 0.6) is 0 Å². The van der Waals surface area contributed by atoms with Gasteiger partial charge in [-0.25, -0.2) is 0 Å². The summed E-state index contributed by atoms with van der Waals surface area (Å²) in [5.74, 6) is 0. The van der Waals surface area contributed by atoms with E-state index in [9.17, 15) is 5.11 Å². The van der Waals surface area contributed by atoms with Gasteiger partial charge in [-0.3, -0.25) is 0 Å². The normalized spacial score (nSPS) is 12.9. The van der Waals surface area contributed by atoms with Gasteiger partial charge in [0, 0.05) is 0 Å². The Kier molecular flexibility index (Phi) is 3.49. The highest BCUT2D eigenvalue weighted by atomic mass is 16.3. The number of aliphatic hydroxyl groups is 1. The van der Waals surface area contributed by atoms with Crippen molar-refractivity contribution in [1.29, 1.82) is 0 Å². The van der Waals surface area contributed by atoms with Crippen LogP contribution in [-0.4, -0.2) is 5.11 Å². The Labute approximate surface area is 99.5 Å². The van der Waals surface area contributed by atoms with E-state index in [1.165, 1.54) is 0 Å². The summed E-state index contributed by atoms with van der Waals surface area (Å²) < 4.78 is 0. The molecule has 1 aromatic carbocycles. The standard InChI is InChI=1S/C15H22O/c1-14(2,3)12-8-7-11(10-16)13(9-12)15(4,5)6/h7,16H,10H2,1-6H3. The first-order chi connectivity index (χ1) is 7.16. The average molecular weight is 218 g/mol. The fraction of sp³-hybridized carbons (Fsp3) is 0.600. The largest absolute Gasteiger partial charge is 0.392 e. The van der Waals surface area contributed by atoms with Gasteiger partial charge in [0.05, 0.1) is 6.61 Å². The van der Waals surface area contributed by atoms with Gasteiger partial charge in [-0.2, -0.15) is 0 Å². The van der Waals surface area contributed by atoms with E-state index in [2.05, 4.69) is 53.7 Å². The fourth-order valence-electron chi connectivity index (χ4n) is 1.67. The highest BCUT2D eigenvalue weighted by Gasteiger charge is 2.22. The summed E-state index contributed by atoms with van der Waals surface area (Å²) in [7, 11) is 0. The van der Waals surface area contributed by atoms with Crippen molar-refractivity contribution >= 4 is 0 Å². The Balaban J connectivity index is 3.34. The topological polar surface area (TPSA) is 20.2 Å². The van der Waals surface area contributed by atoms with Crippen LogP contribution in [0.1, 0.15) is 58.2 Å². The minimum Gasteiger partial charge on any atom is -0.392 e. The predicted octanol–water partition coefficient (Wildman–Crippen LogP) is 3.37. The number of aliphatic hydroxyl groups excluding tert-OH is 1. The van der Waals surface area contributed by atoms with E-state index in [1.807, 2.05) is 6.07 Å². The number of hydrogen-bond donors (Lipinski definition) is 1. The molecule has 0 aliphatic rings. The Morgan fingerprint density at radius 2 is 1.62 bits per heavy atom. The molecule has 0 aliphatic carbocycles. The van der Waals surface area contributed by atoms with Crippen molar-refractivity contribution in [2.45, 2.75) is 59.0 Å². The first-order valence-electron chi connectivity index (χ1n) is 5.75. The SMILES string of the molecule is CC(C)(C)c1[c]cc(CO)c(C(C)(C)C)[c]1. The number of hydrogen-bond acceptors (Lipinski definition) is 1. The van der Waals surface area contributed by atoms with E-state index in [0.29, 0.717) is 0 Å². The maximum Gasteiger partial charge on any atom is 0.0685 e. The van der Waals surface area contributed by atoms with Crippen molar-refractivity contribution < 1.29 is 5.11 Å². The van der Waals surface area contributed by atoms with Crippen LogP contribution in [-0.2, 0) is 17.4 Å². The highest BCUT2D eigenvalue weighted by Crippen LogP contribution is 2.30. The van der Waals surface area contributed by atoms with Gasteiger partial charge in [0.15, 0.2) is 0 Å². The Hall–Kier alpha value is -0.820. The smallest absolute Gasteiger partial charge is 0.0685 e. The Bertz CT molecular complexity index is 364. The summed E-state index contributed by atoms with van der Waals surface area (Å²) in [6.45, 7) is 12.9. The van der Waals surface area contributed by atoms with E-state index in [1.54, 1.807) is 0 Å². The predicted molar refractivity (Wildman–Crippen MR) is 67.4 cm³/mol. The molecular formula is C15H22O. The molecule has 0 fully saturated rings. The number of benzene rings is 1. The third kappa shape index (κ3) is 2.85. The molecule has 1 heteroatoms. The molecule has 0 aromatic heterocycles. The van der Waals surface area contributed by atoms with Crippen molar-refractivity contribution in [2.75, 3.05) is 0 Å². The van der Waals surface area contributed by atoms with Crippen LogP contribution in [0.2, 0.25) is 0 Å². The molecule has 2 radical (unpaired) electrons. The zero-order valence-corrected chi connectivity index (χ0v) is 11.2. The zero-order valence-electron chi connectivity index (χ0n) is 11.2. The van der Waals surface area contributed by atoms with Gasteiger partial charge < -0.3 is 5.11 Å². The van der Waals surface area contributed by atoms with Gasteiger partial charge in [0.1, 0.15) is 0 Å². The summed E-state index contributed by atoms with van der Waals surface area (Å²) in [6, 6.07) is 8.55. The van der Waals surface area contributed by atoms with Gasteiger partial charge in [-0.15, -0.1) is 0 Å². The van der Waals surface area contributed by atoms with Crippen molar-refractivity contribution in [3.63, 3.8) is 0 Å². The van der Waals surface area contributed by atoms with Crippen LogP contribution in [0.4, 0.5) is 0 Å². The molecule has 0 amide bonds. The first-order valence-corrected chi connectivity index (χ1v) is 5.75. The lowest BCUT2D eigenvalue weighted by atomic mass is 9.78. The third-order valence-electron chi connectivity index (χ3n) is 2.63. The van der Waals surface area contributed by atoms with Crippen LogP contribution in [0.25, 0.3) is 0 Å². The summed E-state index contributed by atoms with van der Waals surface area (Å²) in [5, 5.41) is 9.34. The Morgan fingerprint density at radius 3 is 2.00 bits per heavy atom. The average Bonchev–Trinajstić information content (AvgIpc) is 2.14. The lowest BCUT2D eigenvalue weighted by molar-refractivity contribution is 0.278. The van der Waals surface area contributed by atoms with Crippen LogP contribution >= 0.6 is 0 Å². The molecule has 0 saturated heterocycles. The van der Waals surface area contributed by atoms with E-state index in [0.717, 1.165) is 16.7 Å². The molecular weight excluding hydrogens is 196 g/mol. The molecule has 0 heterocycles. The van der Waals surface area contributed by atoms with Gasteiger partial charge >= 0.3 is 0 Å². The van der Waals surface area contributed by atoms with Crippen molar-refractivity contribution in [1.82, 2.24) is 0 Å². The van der Waals surface area contributed by atoms with Gasteiger partial charge in [-0.05, 0) is 45.7 Å². The van der Waals surface area contributed by atoms with E-state index < -0.39 is 0 Å². The van der Waals surface area contributed by atoms with Crippen LogP contribution < -0.4 is 0 Å². The lowest BCUT2D eigenvalue weighted by Crippen LogP contribution is -2.19. The maximum atomic E-state index is 9.34. The van der Waals surface area contributed by atoms with Crippen LogP contribution in [0.3, 0.4) is 0 Å². The van der Waals surface area contributed by atoms with Gasteiger partial charge in [-0.1, -0.05) is 41.5 Å². The maximum absolute atomic E-state index is 9.34. The molecule has 1 N–H and O–H groups in total. The zero-order chi connectivity index (χ0) is 12.6. The van der Waals surface area contributed by atoms with Crippen molar-refractivity contribution in [3.05, 3.63) is 34.9 Å². The van der Waals surface area contributed by atoms with Crippen LogP contribution in [0.15, 0.2) is 6.07 Å². The van der Waals surface area contributed by atoms with Crippen molar-refractivity contribution in [3.8, 4) is 0 Å². The molecule has 0 aliphatic heterocycles. The summed E-state index contributed by atoms with van der Waals surface area (Å²) in [5.41, 5.74) is 3.16. The molecule has 1 aromatic rings. The lowest BCUT2D eigenvalue weighted by Gasteiger charge is -2.26. The Morgan fingerprint density at radius 1 is 1.06 bits per heavy atom. The molecule has 88 valence electrons. The van der Waals surface area contributed by atoms with E-state index in [4.69, 9.17) is 0 Å². The minimum absolute atomic E-state index is 0.00711. The van der Waals surface area contributed by atoms with Crippen molar-refractivity contribution in [2.24, 2.45) is 0 Å². The monoisotopic (exact) mass is 218 g/mol. The highest BCUT2D eigenvalue weighted by molar-refractivity contribution is 5.36. The summed E-state index contributed by atoms with van der Waals surface area (Å²) in [6.07, 6.45) is 0. The third-order valence-corrected chi connectivity index (χ3v) is 2.63. The summed E-state index contributed by atoms with van der Waals surface area (Å²) >= 11 is 0. The molecule has 0 saturated carbocycles. The van der Waals surface area contributed by atoms with Gasteiger partial charge in [0.25, 0.3) is 0 Å². The second-order valence-electron chi connectivity index (χ2n) is 6.35. The van der Waals surface area contributed by atoms with Crippen LogP contribution in [0, 0.1) is 12.1 Å². The van der Waals surface area contributed by atoms with E-state index in [-0.39, 0.29) is 17.4 Å². The summed E-state index contributed by atoms with van der Waals surface area (Å²) in [4.78, 5) is 0. The molecule has 1 rings (SSSR count). The first kappa shape index (κ1) is 13.2. The molecule has 0 unspecified atom stereocenters. The molecule has 16 heavy (non-hydrogen) atoms. The minimum atomic E-state index is 0.00711. The molecule has 0 spiro atoms. The second kappa shape index (κ2) is 4.21. The molecule has 1 nitrogen and oxygen atoms in total. The second-order valence-corrected chi connectivity index (χ2v) is 6.35. The fourth-order valence-corrected chi connectivity index (χ4v) is 1.67. The van der Waals surface area contributed by atoms with E-state index >= 15 is 0 Å². The van der Waals surface area contributed by atoms with Gasteiger partial charge in [0.2, 0.25) is 0 Å². The molecule has 0 bridgehead atoms. The quantitative estimate of drug-likeness (QED) is 0.766. The number of rotatable bonds is 1. The molecule has 0 atom stereocenters.